The van der Waals surface area contributed by atoms with E-state index in [0.717, 1.165) is 6.07 Å². The molecule has 0 aliphatic carbocycles. The number of nitrogens with zero attached hydrogens (tertiary/aromatic N) is 1. The number of alkyl halides is 3. The fourth-order valence-corrected chi connectivity index (χ4v) is 1.47. The molecule has 0 amide bonds. The standard InChI is InChI=1S/C11H14F3NO/c1-7-8(11(12,13)14)5-6-15(9(7)16)10(2,3)4/h5-6H,1-4H3. The summed E-state index contributed by atoms with van der Waals surface area (Å²) in [5, 5.41) is 0. The van der Waals surface area contributed by atoms with Crippen molar-refractivity contribution in [2.75, 3.05) is 0 Å². The first kappa shape index (κ1) is 12.8. The molecular formula is C11H14F3NO. The molecule has 5 heteroatoms. The Labute approximate surface area is 91.7 Å². The van der Waals surface area contributed by atoms with Gasteiger partial charge in [0, 0.05) is 17.3 Å². The Balaban J connectivity index is 3.48. The summed E-state index contributed by atoms with van der Waals surface area (Å²) in [6.45, 7) is 6.50. The number of hydrogen-bond acceptors (Lipinski definition) is 1. The molecule has 0 fully saturated rings. The van der Waals surface area contributed by atoms with Crippen LogP contribution in [0.25, 0.3) is 0 Å². The van der Waals surface area contributed by atoms with Crippen molar-refractivity contribution in [3.63, 3.8) is 0 Å². The minimum absolute atomic E-state index is 0.259. The maximum absolute atomic E-state index is 12.5. The molecule has 0 radical (unpaired) electrons. The molecule has 0 spiro atoms. The average molecular weight is 233 g/mol. The van der Waals surface area contributed by atoms with Gasteiger partial charge >= 0.3 is 6.18 Å². The zero-order valence-electron chi connectivity index (χ0n) is 9.64. The molecule has 0 aromatic carbocycles. The van der Waals surface area contributed by atoms with E-state index < -0.39 is 22.8 Å². The molecule has 0 bridgehead atoms. The van der Waals surface area contributed by atoms with Crippen molar-refractivity contribution in [2.24, 2.45) is 0 Å². The second-order valence-corrected chi connectivity index (χ2v) is 4.70. The van der Waals surface area contributed by atoms with Gasteiger partial charge in [-0.25, -0.2) is 0 Å². The van der Waals surface area contributed by atoms with Crippen LogP contribution < -0.4 is 5.56 Å². The number of aromatic nitrogens is 1. The third kappa shape index (κ3) is 2.28. The van der Waals surface area contributed by atoms with Crippen molar-refractivity contribution in [1.82, 2.24) is 4.57 Å². The number of pyridine rings is 1. The van der Waals surface area contributed by atoms with Crippen LogP contribution in [0.2, 0.25) is 0 Å². The van der Waals surface area contributed by atoms with E-state index in [-0.39, 0.29) is 5.56 Å². The summed E-state index contributed by atoms with van der Waals surface area (Å²) in [6.07, 6.45) is -3.28. The first-order valence-electron chi connectivity index (χ1n) is 4.85. The summed E-state index contributed by atoms with van der Waals surface area (Å²) in [7, 11) is 0. The zero-order chi connectivity index (χ0) is 12.7. The molecule has 90 valence electrons. The molecule has 0 N–H and O–H groups in total. The fraction of sp³-hybridized carbons (Fsp3) is 0.545. The molecule has 0 saturated carbocycles. The van der Waals surface area contributed by atoms with Gasteiger partial charge in [-0.05, 0) is 33.8 Å². The molecule has 1 aromatic rings. The minimum Gasteiger partial charge on any atom is -0.310 e. The Morgan fingerprint density at radius 2 is 1.69 bits per heavy atom. The van der Waals surface area contributed by atoms with Crippen molar-refractivity contribution < 1.29 is 13.2 Å². The van der Waals surface area contributed by atoms with E-state index in [9.17, 15) is 18.0 Å². The van der Waals surface area contributed by atoms with Crippen LogP contribution in [0.4, 0.5) is 13.2 Å². The predicted molar refractivity (Wildman–Crippen MR) is 55.4 cm³/mol. The summed E-state index contributed by atoms with van der Waals surface area (Å²) in [6, 6.07) is 0.946. The van der Waals surface area contributed by atoms with Gasteiger partial charge in [0.2, 0.25) is 0 Å². The summed E-state index contributed by atoms with van der Waals surface area (Å²) in [5.74, 6) is 0. The van der Waals surface area contributed by atoms with Gasteiger partial charge in [0.15, 0.2) is 0 Å². The largest absolute Gasteiger partial charge is 0.416 e. The van der Waals surface area contributed by atoms with Crippen LogP contribution in [0, 0.1) is 6.92 Å². The zero-order valence-corrected chi connectivity index (χ0v) is 9.64. The van der Waals surface area contributed by atoms with Crippen molar-refractivity contribution in [3.05, 3.63) is 33.7 Å². The highest BCUT2D eigenvalue weighted by molar-refractivity contribution is 5.26. The number of halogens is 3. The predicted octanol–water partition coefficient (Wildman–Crippen LogP) is 2.93. The van der Waals surface area contributed by atoms with Crippen molar-refractivity contribution in [2.45, 2.75) is 39.4 Å². The topological polar surface area (TPSA) is 22.0 Å². The first-order valence-corrected chi connectivity index (χ1v) is 4.85. The lowest BCUT2D eigenvalue weighted by atomic mass is 10.1. The monoisotopic (exact) mass is 233 g/mol. The summed E-state index contributed by atoms with van der Waals surface area (Å²) >= 11 is 0. The maximum Gasteiger partial charge on any atom is 0.416 e. The van der Waals surface area contributed by atoms with E-state index >= 15 is 0 Å². The van der Waals surface area contributed by atoms with Crippen LogP contribution >= 0.6 is 0 Å². The SMILES string of the molecule is Cc1c(C(F)(F)F)ccn(C(C)(C)C)c1=O. The molecule has 0 aliphatic heterocycles. The van der Waals surface area contributed by atoms with Gasteiger partial charge in [0.05, 0.1) is 5.56 Å². The third-order valence-corrected chi connectivity index (χ3v) is 2.36. The summed E-state index contributed by atoms with van der Waals surface area (Å²) in [4.78, 5) is 11.7. The molecule has 1 aromatic heterocycles. The highest BCUT2D eigenvalue weighted by Crippen LogP contribution is 2.30. The second-order valence-electron chi connectivity index (χ2n) is 4.70. The normalized spacial score (nSPS) is 12.9. The van der Waals surface area contributed by atoms with Gasteiger partial charge in [0.25, 0.3) is 5.56 Å². The van der Waals surface area contributed by atoms with E-state index in [2.05, 4.69) is 0 Å². The van der Waals surface area contributed by atoms with Gasteiger partial charge in [-0.2, -0.15) is 13.2 Å². The lowest BCUT2D eigenvalue weighted by molar-refractivity contribution is -0.138. The maximum atomic E-state index is 12.5. The Morgan fingerprint density at radius 3 is 2.06 bits per heavy atom. The van der Waals surface area contributed by atoms with E-state index in [1.807, 2.05) is 0 Å². The Hall–Kier alpha value is -1.26. The molecular weight excluding hydrogens is 219 g/mol. The second kappa shape index (κ2) is 3.64. The van der Waals surface area contributed by atoms with Crippen LogP contribution in [0.1, 0.15) is 31.9 Å². The van der Waals surface area contributed by atoms with Crippen LogP contribution in [0.3, 0.4) is 0 Å². The Morgan fingerprint density at radius 1 is 1.19 bits per heavy atom. The number of hydrogen-bond donors (Lipinski definition) is 0. The molecule has 1 heterocycles. The van der Waals surface area contributed by atoms with Gasteiger partial charge in [0.1, 0.15) is 0 Å². The Bertz CT molecular complexity index is 452. The summed E-state index contributed by atoms with van der Waals surface area (Å²) < 4.78 is 38.8. The fourth-order valence-electron chi connectivity index (χ4n) is 1.47. The third-order valence-electron chi connectivity index (χ3n) is 2.36. The molecule has 0 unspecified atom stereocenters. The highest BCUT2D eigenvalue weighted by Gasteiger charge is 2.34. The lowest BCUT2D eigenvalue weighted by Gasteiger charge is -2.23. The quantitative estimate of drug-likeness (QED) is 0.675. The van der Waals surface area contributed by atoms with Crippen molar-refractivity contribution in [1.29, 1.82) is 0 Å². The van der Waals surface area contributed by atoms with Gasteiger partial charge in [-0.3, -0.25) is 4.79 Å². The van der Waals surface area contributed by atoms with E-state index in [1.54, 1.807) is 20.8 Å². The van der Waals surface area contributed by atoms with Gasteiger partial charge < -0.3 is 4.57 Å². The van der Waals surface area contributed by atoms with Crippen molar-refractivity contribution in [3.8, 4) is 0 Å². The van der Waals surface area contributed by atoms with Gasteiger partial charge in [-0.1, -0.05) is 0 Å². The van der Waals surface area contributed by atoms with E-state index in [0.29, 0.717) is 0 Å². The first-order chi connectivity index (χ1) is 7.05. The molecule has 2 nitrogen and oxygen atoms in total. The molecule has 0 atom stereocenters. The smallest absolute Gasteiger partial charge is 0.310 e. The van der Waals surface area contributed by atoms with Crippen LogP contribution in [-0.4, -0.2) is 4.57 Å². The molecule has 1 rings (SSSR count). The number of rotatable bonds is 0. The van der Waals surface area contributed by atoms with Gasteiger partial charge in [-0.15, -0.1) is 0 Å². The van der Waals surface area contributed by atoms with E-state index in [1.165, 1.54) is 17.7 Å². The molecule has 0 saturated heterocycles. The molecule has 0 aliphatic rings. The van der Waals surface area contributed by atoms with E-state index in [4.69, 9.17) is 0 Å². The Kier molecular flexibility index (Phi) is 2.92. The van der Waals surface area contributed by atoms with Crippen LogP contribution in [0.15, 0.2) is 17.1 Å². The average Bonchev–Trinajstić information content (AvgIpc) is 2.05. The lowest BCUT2D eigenvalue weighted by Crippen LogP contribution is -2.35. The van der Waals surface area contributed by atoms with Crippen LogP contribution in [0.5, 0.6) is 0 Å². The van der Waals surface area contributed by atoms with Crippen molar-refractivity contribution >= 4 is 0 Å². The molecule has 16 heavy (non-hydrogen) atoms. The van der Waals surface area contributed by atoms with Crippen LogP contribution in [-0.2, 0) is 11.7 Å². The minimum atomic E-state index is -4.47. The highest BCUT2D eigenvalue weighted by atomic mass is 19.4. The summed E-state index contributed by atoms with van der Waals surface area (Å²) in [5.41, 5.74) is -2.24.